The van der Waals surface area contributed by atoms with Crippen LogP contribution in [0, 0.1) is 17.2 Å². The Morgan fingerprint density at radius 2 is 2.00 bits per heavy atom. The van der Waals surface area contributed by atoms with E-state index in [0.717, 1.165) is 18.5 Å². The average molecular weight is 312 g/mol. The standard InChI is InChI=1S/C18H27ClFN/c1-4-21-17(14-7-9-18(2,3)10-8-14)12-13-5-6-16(20)15(19)11-13/h5-6,11,14,17,21H,4,7-10,12H2,1-3H3. The number of likely N-dealkylation sites (N-methyl/N-ethyl adjacent to an activating group) is 1. The van der Waals surface area contributed by atoms with E-state index in [-0.39, 0.29) is 10.8 Å². The molecule has 0 aromatic heterocycles. The number of rotatable bonds is 5. The van der Waals surface area contributed by atoms with Crippen LogP contribution in [0.1, 0.15) is 52.0 Å². The zero-order valence-electron chi connectivity index (χ0n) is 13.4. The lowest BCUT2D eigenvalue weighted by atomic mass is 9.70. The van der Waals surface area contributed by atoms with Crippen molar-refractivity contribution in [3.63, 3.8) is 0 Å². The van der Waals surface area contributed by atoms with Gasteiger partial charge in [-0.2, -0.15) is 0 Å². The maximum atomic E-state index is 13.3. The molecule has 1 atom stereocenters. The third-order valence-corrected chi connectivity index (χ3v) is 5.15. The lowest BCUT2D eigenvalue weighted by molar-refractivity contribution is 0.161. The number of nitrogens with one attached hydrogen (secondary N) is 1. The second kappa shape index (κ2) is 7.11. The molecule has 0 heterocycles. The average Bonchev–Trinajstić information content (AvgIpc) is 2.42. The summed E-state index contributed by atoms with van der Waals surface area (Å²) in [7, 11) is 0. The van der Waals surface area contributed by atoms with Gasteiger partial charge in [0.2, 0.25) is 0 Å². The molecule has 0 saturated heterocycles. The van der Waals surface area contributed by atoms with Crippen molar-refractivity contribution in [2.24, 2.45) is 11.3 Å². The quantitative estimate of drug-likeness (QED) is 0.786. The van der Waals surface area contributed by atoms with Crippen LogP contribution in [0.15, 0.2) is 18.2 Å². The van der Waals surface area contributed by atoms with Gasteiger partial charge in [-0.3, -0.25) is 0 Å². The first-order valence-corrected chi connectivity index (χ1v) is 8.46. The van der Waals surface area contributed by atoms with Crippen LogP contribution in [0.25, 0.3) is 0 Å². The van der Waals surface area contributed by atoms with Gasteiger partial charge in [0.05, 0.1) is 5.02 Å². The minimum atomic E-state index is -0.333. The van der Waals surface area contributed by atoms with Gasteiger partial charge in [0.1, 0.15) is 5.82 Å². The van der Waals surface area contributed by atoms with Crippen molar-refractivity contribution in [1.82, 2.24) is 5.32 Å². The first-order valence-electron chi connectivity index (χ1n) is 8.08. The summed E-state index contributed by atoms with van der Waals surface area (Å²) >= 11 is 5.90. The first kappa shape index (κ1) is 16.8. The Bertz CT molecular complexity index is 462. The Hall–Kier alpha value is -0.600. The molecule has 1 N–H and O–H groups in total. The molecule has 1 aromatic carbocycles. The zero-order valence-corrected chi connectivity index (χ0v) is 14.1. The highest BCUT2D eigenvalue weighted by atomic mass is 35.5. The van der Waals surface area contributed by atoms with Crippen molar-refractivity contribution in [1.29, 1.82) is 0 Å². The summed E-state index contributed by atoms with van der Waals surface area (Å²) in [5, 5.41) is 3.85. The summed E-state index contributed by atoms with van der Waals surface area (Å²) in [6, 6.07) is 5.57. The Morgan fingerprint density at radius 1 is 1.33 bits per heavy atom. The van der Waals surface area contributed by atoms with Gasteiger partial charge in [-0.05, 0) is 67.7 Å². The number of halogens is 2. The van der Waals surface area contributed by atoms with Gasteiger partial charge in [-0.1, -0.05) is 38.4 Å². The molecule has 118 valence electrons. The van der Waals surface area contributed by atoms with Gasteiger partial charge >= 0.3 is 0 Å². The monoisotopic (exact) mass is 311 g/mol. The highest BCUT2D eigenvalue weighted by Crippen LogP contribution is 2.39. The molecule has 21 heavy (non-hydrogen) atoms. The van der Waals surface area contributed by atoms with Gasteiger partial charge < -0.3 is 5.32 Å². The molecular weight excluding hydrogens is 285 g/mol. The summed E-state index contributed by atoms with van der Waals surface area (Å²) < 4.78 is 13.3. The largest absolute Gasteiger partial charge is 0.314 e. The fourth-order valence-corrected chi connectivity index (χ4v) is 3.62. The smallest absolute Gasteiger partial charge is 0.141 e. The molecule has 1 aliphatic carbocycles. The van der Waals surface area contributed by atoms with E-state index in [1.54, 1.807) is 6.07 Å². The summed E-state index contributed by atoms with van der Waals surface area (Å²) in [6.45, 7) is 7.85. The van der Waals surface area contributed by atoms with Crippen molar-refractivity contribution in [2.45, 2.75) is 58.9 Å². The van der Waals surface area contributed by atoms with E-state index in [9.17, 15) is 4.39 Å². The molecule has 1 nitrogen and oxygen atoms in total. The van der Waals surface area contributed by atoms with E-state index < -0.39 is 0 Å². The van der Waals surface area contributed by atoms with Crippen LogP contribution in [-0.4, -0.2) is 12.6 Å². The van der Waals surface area contributed by atoms with Crippen LogP contribution >= 0.6 is 11.6 Å². The second-order valence-electron chi connectivity index (χ2n) is 7.12. The van der Waals surface area contributed by atoms with Crippen molar-refractivity contribution < 1.29 is 4.39 Å². The van der Waals surface area contributed by atoms with Crippen LogP contribution in [0.4, 0.5) is 4.39 Å². The van der Waals surface area contributed by atoms with E-state index in [0.29, 0.717) is 17.4 Å². The minimum absolute atomic E-state index is 0.229. The van der Waals surface area contributed by atoms with Crippen LogP contribution < -0.4 is 5.32 Å². The van der Waals surface area contributed by atoms with E-state index in [2.05, 4.69) is 26.1 Å². The lowest BCUT2D eigenvalue weighted by Crippen LogP contribution is -2.40. The van der Waals surface area contributed by atoms with Gasteiger partial charge in [0, 0.05) is 6.04 Å². The Morgan fingerprint density at radius 3 is 2.57 bits per heavy atom. The molecule has 1 fully saturated rings. The topological polar surface area (TPSA) is 12.0 Å². The molecule has 3 heteroatoms. The van der Waals surface area contributed by atoms with E-state index in [4.69, 9.17) is 11.6 Å². The molecular formula is C18H27ClFN. The highest BCUT2D eigenvalue weighted by Gasteiger charge is 2.31. The molecule has 0 bridgehead atoms. The SMILES string of the molecule is CCNC(Cc1ccc(F)c(Cl)c1)C1CCC(C)(C)CC1. The third-order valence-electron chi connectivity index (χ3n) is 4.86. The fourth-order valence-electron chi connectivity index (χ4n) is 3.41. The molecule has 0 spiro atoms. The van der Waals surface area contributed by atoms with Gasteiger partial charge in [0.25, 0.3) is 0 Å². The van der Waals surface area contributed by atoms with Crippen LogP contribution in [0.3, 0.4) is 0 Å². The Kier molecular flexibility index (Phi) is 5.67. The number of hydrogen-bond acceptors (Lipinski definition) is 1. The summed E-state index contributed by atoms with van der Waals surface area (Å²) in [5.41, 5.74) is 1.61. The third kappa shape index (κ3) is 4.69. The van der Waals surface area contributed by atoms with Crippen molar-refractivity contribution in [3.05, 3.63) is 34.6 Å². The Labute approximate surface area is 133 Å². The van der Waals surface area contributed by atoms with Gasteiger partial charge in [0.15, 0.2) is 0 Å². The molecule has 1 aliphatic rings. The number of benzene rings is 1. The fraction of sp³-hybridized carbons (Fsp3) is 0.667. The maximum absolute atomic E-state index is 13.3. The van der Waals surface area contributed by atoms with Gasteiger partial charge in [-0.25, -0.2) is 4.39 Å². The summed E-state index contributed by atoms with van der Waals surface area (Å²) in [5.74, 6) is 0.377. The van der Waals surface area contributed by atoms with Crippen molar-refractivity contribution >= 4 is 11.6 Å². The molecule has 1 saturated carbocycles. The minimum Gasteiger partial charge on any atom is -0.314 e. The van der Waals surface area contributed by atoms with E-state index >= 15 is 0 Å². The van der Waals surface area contributed by atoms with Crippen LogP contribution in [-0.2, 0) is 6.42 Å². The predicted molar refractivity (Wildman–Crippen MR) is 88.3 cm³/mol. The molecule has 0 aliphatic heterocycles. The molecule has 0 amide bonds. The number of hydrogen-bond donors (Lipinski definition) is 1. The van der Waals surface area contributed by atoms with Crippen LogP contribution in [0.2, 0.25) is 5.02 Å². The maximum Gasteiger partial charge on any atom is 0.141 e. The summed E-state index contributed by atoms with van der Waals surface area (Å²) in [6.07, 6.45) is 6.07. The molecule has 1 unspecified atom stereocenters. The van der Waals surface area contributed by atoms with Crippen molar-refractivity contribution in [2.75, 3.05) is 6.54 Å². The van der Waals surface area contributed by atoms with Crippen LogP contribution in [0.5, 0.6) is 0 Å². The molecule has 0 radical (unpaired) electrons. The van der Waals surface area contributed by atoms with Gasteiger partial charge in [-0.15, -0.1) is 0 Å². The Balaban J connectivity index is 2.03. The second-order valence-corrected chi connectivity index (χ2v) is 7.53. The lowest BCUT2D eigenvalue weighted by Gasteiger charge is -2.38. The molecule has 1 aromatic rings. The normalized spacial score (nSPS) is 20.4. The molecule has 2 rings (SSSR count). The zero-order chi connectivity index (χ0) is 15.5. The van der Waals surface area contributed by atoms with E-state index in [1.165, 1.54) is 31.7 Å². The predicted octanol–water partition coefficient (Wildman–Crippen LogP) is 5.22. The highest BCUT2D eigenvalue weighted by molar-refractivity contribution is 6.30. The van der Waals surface area contributed by atoms with E-state index in [1.807, 2.05) is 6.07 Å². The van der Waals surface area contributed by atoms with Crippen molar-refractivity contribution in [3.8, 4) is 0 Å². The first-order chi connectivity index (χ1) is 9.91. The summed E-state index contributed by atoms with van der Waals surface area (Å²) in [4.78, 5) is 0.